The Balaban J connectivity index is 2.14. The van der Waals surface area contributed by atoms with E-state index in [0.717, 1.165) is 25.7 Å². The maximum absolute atomic E-state index is 12.2. The van der Waals surface area contributed by atoms with Gasteiger partial charge in [-0.2, -0.15) is 0 Å². The van der Waals surface area contributed by atoms with Gasteiger partial charge in [-0.1, -0.05) is 44.1 Å². The smallest absolute Gasteiger partial charge is 0.137 e. The van der Waals surface area contributed by atoms with Crippen LogP contribution < -0.4 is 0 Å². The van der Waals surface area contributed by atoms with Crippen molar-refractivity contribution in [1.82, 2.24) is 0 Å². The number of hydrogen-bond acceptors (Lipinski definition) is 2. The Kier molecular flexibility index (Phi) is 5.65. The van der Waals surface area contributed by atoms with Crippen LogP contribution in [0, 0.1) is 11.8 Å². The first-order valence-corrected chi connectivity index (χ1v) is 8.86. The minimum absolute atomic E-state index is 0.0700. The Morgan fingerprint density at radius 1 is 1.27 bits per heavy atom. The molecule has 3 atom stereocenters. The van der Waals surface area contributed by atoms with Gasteiger partial charge in [0.1, 0.15) is 5.78 Å². The molecule has 1 heterocycles. The van der Waals surface area contributed by atoms with Crippen LogP contribution in [0.1, 0.15) is 73.1 Å². The summed E-state index contributed by atoms with van der Waals surface area (Å²) in [5, 5.41) is 0. The molecular weight excluding hydrogens is 272 g/mol. The second kappa shape index (κ2) is 7.12. The number of epoxide rings is 1. The van der Waals surface area contributed by atoms with Gasteiger partial charge in [0.05, 0.1) is 11.7 Å². The molecular formula is C20H32O2. The van der Waals surface area contributed by atoms with Crippen molar-refractivity contribution < 1.29 is 9.53 Å². The number of ketones is 1. The van der Waals surface area contributed by atoms with Crippen LogP contribution in [0.25, 0.3) is 0 Å². The largest absolute Gasteiger partial charge is 0.366 e. The predicted molar refractivity (Wildman–Crippen MR) is 91.8 cm³/mol. The molecule has 0 amide bonds. The van der Waals surface area contributed by atoms with Crippen LogP contribution in [0.2, 0.25) is 0 Å². The Morgan fingerprint density at radius 2 is 2.00 bits per heavy atom. The van der Waals surface area contributed by atoms with Gasteiger partial charge in [-0.15, -0.1) is 0 Å². The number of ether oxygens (including phenoxy) is 1. The SMILES string of the molecule is C/C1=C\C=C(\C(C)C)CC[C@]2(C)O[C@H]2CC[C@@H](C)CC(=O)C1. The van der Waals surface area contributed by atoms with E-state index in [1.165, 1.54) is 11.1 Å². The third-order valence-corrected chi connectivity index (χ3v) is 5.24. The van der Waals surface area contributed by atoms with E-state index in [-0.39, 0.29) is 5.60 Å². The third kappa shape index (κ3) is 4.81. The summed E-state index contributed by atoms with van der Waals surface area (Å²) >= 11 is 0. The molecule has 1 fully saturated rings. The fourth-order valence-electron chi connectivity index (χ4n) is 3.45. The van der Waals surface area contributed by atoms with Crippen molar-refractivity contribution >= 4 is 5.78 Å². The minimum Gasteiger partial charge on any atom is -0.366 e. The Bertz CT molecular complexity index is 472. The number of carbonyl (C=O) groups excluding carboxylic acids is 1. The van der Waals surface area contributed by atoms with Crippen molar-refractivity contribution in [2.45, 2.75) is 84.8 Å². The summed E-state index contributed by atoms with van der Waals surface area (Å²) < 4.78 is 5.98. The second-order valence-electron chi connectivity index (χ2n) is 7.93. The summed E-state index contributed by atoms with van der Waals surface area (Å²) in [4.78, 5) is 12.2. The Labute approximate surface area is 136 Å². The predicted octanol–water partition coefficient (Wildman–Crippen LogP) is 5.23. The molecule has 22 heavy (non-hydrogen) atoms. The first-order chi connectivity index (χ1) is 10.3. The first kappa shape index (κ1) is 17.5. The molecule has 1 aliphatic heterocycles. The highest BCUT2D eigenvalue weighted by Gasteiger charge is 2.50. The molecule has 124 valence electrons. The van der Waals surface area contributed by atoms with Crippen molar-refractivity contribution in [3.8, 4) is 0 Å². The highest BCUT2D eigenvalue weighted by molar-refractivity contribution is 5.80. The molecule has 0 aromatic heterocycles. The first-order valence-electron chi connectivity index (χ1n) is 8.86. The molecule has 2 rings (SSSR count). The quantitative estimate of drug-likeness (QED) is 0.621. The molecule has 0 radical (unpaired) electrons. The highest BCUT2D eigenvalue weighted by Crippen LogP contribution is 2.44. The van der Waals surface area contributed by atoms with Crippen LogP contribution in [0.15, 0.2) is 23.3 Å². The zero-order chi connectivity index (χ0) is 16.3. The lowest BCUT2D eigenvalue weighted by molar-refractivity contribution is -0.119. The monoisotopic (exact) mass is 304 g/mol. The van der Waals surface area contributed by atoms with E-state index >= 15 is 0 Å². The molecule has 2 aliphatic rings. The molecule has 0 N–H and O–H groups in total. The maximum atomic E-state index is 12.2. The summed E-state index contributed by atoms with van der Waals surface area (Å²) in [6.07, 6.45) is 10.5. The normalized spacial score (nSPS) is 39.3. The van der Waals surface area contributed by atoms with Gasteiger partial charge in [-0.3, -0.25) is 4.79 Å². The van der Waals surface area contributed by atoms with Crippen LogP contribution in [-0.4, -0.2) is 17.5 Å². The van der Waals surface area contributed by atoms with Crippen molar-refractivity contribution in [3.05, 3.63) is 23.3 Å². The van der Waals surface area contributed by atoms with Gasteiger partial charge in [-0.05, 0) is 51.4 Å². The van der Waals surface area contributed by atoms with E-state index in [2.05, 4.69) is 46.8 Å². The third-order valence-electron chi connectivity index (χ3n) is 5.24. The molecule has 0 aromatic rings. The standard InChI is InChI=1S/C20H32O2/c1-14(2)17-8-6-15(3)12-18(21)13-16(4)7-9-19-20(5,22-19)11-10-17/h6,8,14,16,19H,7,9-13H2,1-5H3/b15-6+,17-8+/t16-,19+,20+/m1/s1. The lowest BCUT2D eigenvalue weighted by Crippen LogP contribution is -2.13. The number of Topliss-reactive ketones (excluding diaryl/α,β-unsaturated/α-hetero) is 1. The van der Waals surface area contributed by atoms with Crippen molar-refractivity contribution in [3.63, 3.8) is 0 Å². The van der Waals surface area contributed by atoms with Crippen LogP contribution in [0.4, 0.5) is 0 Å². The molecule has 2 nitrogen and oxygen atoms in total. The molecule has 0 unspecified atom stereocenters. The van der Waals surface area contributed by atoms with E-state index < -0.39 is 0 Å². The lowest BCUT2D eigenvalue weighted by Gasteiger charge is -2.15. The number of allylic oxidation sites excluding steroid dienone is 4. The summed E-state index contributed by atoms with van der Waals surface area (Å²) in [6.45, 7) is 11.0. The van der Waals surface area contributed by atoms with E-state index in [0.29, 0.717) is 36.6 Å². The van der Waals surface area contributed by atoms with E-state index in [9.17, 15) is 4.79 Å². The van der Waals surface area contributed by atoms with Crippen molar-refractivity contribution in [2.24, 2.45) is 11.8 Å². The fraction of sp³-hybridized carbons (Fsp3) is 0.750. The Hall–Kier alpha value is -0.890. The van der Waals surface area contributed by atoms with Gasteiger partial charge in [0, 0.05) is 12.8 Å². The zero-order valence-electron chi connectivity index (χ0n) is 14.9. The second-order valence-corrected chi connectivity index (χ2v) is 7.93. The minimum atomic E-state index is 0.0700. The zero-order valence-corrected chi connectivity index (χ0v) is 14.9. The number of hydrogen-bond donors (Lipinski definition) is 0. The molecule has 0 saturated carbocycles. The molecule has 0 aromatic carbocycles. The van der Waals surface area contributed by atoms with Crippen molar-refractivity contribution in [1.29, 1.82) is 0 Å². The summed E-state index contributed by atoms with van der Waals surface area (Å²) in [5.41, 5.74) is 2.72. The average Bonchev–Trinajstić information content (AvgIpc) is 3.06. The Morgan fingerprint density at radius 3 is 2.68 bits per heavy atom. The summed E-state index contributed by atoms with van der Waals surface area (Å²) in [7, 11) is 0. The van der Waals surface area contributed by atoms with Gasteiger partial charge in [0.15, 0.2) is 0 Å². The van der Waals surface area contributed by atoms with Crippen LogP contribution in [-0.2, 0) is 9.53 Å². The van der Waals surface area contributed by atoms with Crippen LogP contribution in [0.5, 0.6) is 0 Å². The lowest BCUT2D eigenvalue weighted by atomic mass is 9.88. The number of fused-ring (bicyclic) bond motifs is 1. The van der Waals surface area contributed by atoms with E-state index in [1.54, 1.807) is 0 Å². The van der Waals surface area contributed by atoms with Gasteiger partial charge in [0.25, 0.3) is 0 Å². The van der Waals surface area contributed by atoms with E-state index in [4.69, 9.17) is 4.74 Å². The van der Waals surface area contributed by atoms with Gasteiger partial charge < -0.3 is 4.74 Å². The van der Waals surface area contributed by atoms with Crippen LogP contribution >= 0.6 is 0 Å². The number of rotatable bonds is 1. The van der Waals surface area contributed by atoms with Gasteiger partial charge in [0.2, 0.25) is 0 Å². The topological polar surface area (TPSA) is 29.6 Å². The van der Waals surface area contributed by atoms with Crippen molar-refractivity contribution in [2.75, 3.05) is 0 Å². The molecule has 1 saturated heterocycles. The van der Waals surface area contributed by atoms with Gasteiger partial charge in [-0.25, -0.2) is 0 Å². The molecule has 1 aliphatic carbocycles. The van der Waals surface area contributed by atoms with E-state index in [1.807, 2.05) is 0 Å². The van der Waals surface area contributed by atoms with Crippen LogP contribution in [0.3, 0.4) is 0 Å². The molecule has 2 heteroatoms. The summed E-state index contributed by atoms with van der Waals surface area (Å²) in [5.74, 6) is 1.39. The molecule has 0 bridgehead atoms. The fourth-order valence-corrected chi connectivity index (χ4v) is 3.45. The average molecular weight is 304 g/mol. The summed E-state index contributed by atoms with van der Waals surface area (Å²) in [6, 6.07) is 0. The highest BCUT2D eigenvalue weighted by atomic mass is 16.6. The number of carbonyl (C=O) groups is 1. The molecule has 0 spiro atoms. The maximum Gasteiger partial charge on any atom is 0.137 e. The van der Waals surface area contributed by atoms with Gasteiger partial charge >= 0.3 is 0 Å².